The monoisotopic (exact) mass is 526 g/mol. The SMILES string of the molecule is CC[N+](CC)(CC)CCCCC[N+](CC)(CC)CC.[I-].[I-]. The highest BCUT2D eigenvalue weighted by Crippen LogP contribution is 2.12. The highest BCUT2D eigenvalue weighted by Gasteiger charge is 2.21. The van der Waals surface area contributed by atoms with Gasteiger partial charge in [0.05, 0.1) is 52.4 Å². The summed E-state index contributed by atoms with van der Waals surface area (Å²) >= 11 is 0. The third kappa shape index (κ3) is 9.30. The van der Waals surface area contributed by atoms with Gasteiger partial charge in [-0.3, -0.25) is 0 Å². The molecule has 0 fully saturated rings. The Hall–Kier alpha value is 1.38. The van der Waals surface area contributed by atoms with Gasteiger partial charge in [0.25, 0.3) is 0 Å². The Kier molecular flexibility index (Phi) is 19.4. The fourth-order valence-electron chi connectivity index (χ4n) is 3.36. The third-order valence-electron chi connectivity index (χ3n) is 5.79. The molecular formula is C17H40I2N2. The van der Waals surface area contributed by atoms with E-state index >= 15 is 0 Å². The van der Waals surface area contributed by atoms with Crippen molar-refractivity contribution in [3.8, 4) is 0 Å². The van der Waals surface area contributed by atoms with Crippen molar-refractivity contribution < 1.29 is 56.9 Å². The first-order valence-corrected chi connectivity index (χ1v) is 8.77. The molecule has 0 saturated carbocycles. The van der Waals surface area contributed by atoms with Crippen molar-refractivity contribution in [1.82, 2.24) is 0 Å². The van der Waals surface area contributed by atoms with Crippen LogP contribution in [0.1, 0.15) is 60.8 Å². The Morgan fingerprint density at radius 3 is 0.857 bits per heavy atom. The van der Waals surface area contributed by atoms with Crippen LogP contribution in [0.25, 0.3) is 0 Å². The molecule has 0 rings (SSSR count). The average molecular weight is 526 g/mol. The molecule has 0 bridgehead atoms. The summed E-state index contributed by atoms with van der Waals surface area (Å²) < 4.78 is 2.63. The minimum Gasteiger partial charge on any atom is -1.00 e. The van der Waals surface area contributed by atoms with E-state index in [4.69, 9.17) is 0 Å². The molecular weight excluding hydrogens is 486 g/mol. The number of nitrogens with zero attached hydrogens (tertiary/aromatic N) is 2. The molecule has 0 spiro atoms. The second kappa shape index (κ2) is 14.9. The quantitative estimate of drug-likeness (QED) is 0.156. The van der Waals surface area contributed by atoms with Crippen LogP contribution in [0.5, 0.6) is 0 Å². The van der Waals surface area contributed by atoms with Crippen molar-refractivity contribution in [3.05, 3.63) is 0 Å². The van der Waals surface area contributed by atoms with Gasteiger partial charge in [-0.25, -0.2) is 0 Å². The number of hydrogen-bond donors (Lipinski definition) is 0. The summed E-state index contributed by atoms with van der Waals surface area (Å²) in [7, 11) is 0. The molecule has 21 heavy (non-hydrogen) atoms. The van der Waals surface area contributed by atoms with Crippen LogP contribution >= 0.6 is 0 Å². The lowest BCUT2D eigenvalue weighted by molar-refractivity contribution is -0.925. The zero-order chi connectivity index (χ0) is 14.8. The van der Waals surface area contributed by atoms with Gasteiger partial charge >= 0.3 is 0 Å². The molecule has 0 atom stereocenters. The van der Waals surface area contributed by atoms with Crippen molar-refractivity contribution in [3.63, 3.8) is 0 Å². The van der Waals surface area contributed by atoms with Gasteiger partial charge in [-0.15, -0.1) is 0 Å². The fraction of sp³-hybridized carbons (Fsp3) is 1.00. The summed E-state index contributed by atoms with van der Waals surface area (Å²) in [6.07, 6.45) is 4.24. The minimum absolute atomic E-state index is 0. The van der Waals surface area contributed by atoms with Crippen molar-refractivity contribution in [2.75, 3.05) is 52.4 Å². The van der Waals surface area contributed by atoms with Crippen LogP contribution in [0.4, 0.5) is 0 Å². The summed E-state index contributed by atoms with van der Waals surface area (Å²) in [5.41, 5.74) is 0. The maximum absolute atomic E-state index is 2.35. The largest absolute Gasteiger partial charge is 1.00 e. The maximum atomic E-state index is 2.35. The second-order valence-corrected chi connectivity index (χ2v) is 6.09. The molecule has 0 heterocycles. The topological polar surface area (TPSA) is 0 Å². The lowest BCUT2D eigenvalue weighted by atomic mass is 10.1. The molecule has 2 nitrogen and oxygen atoms in total. The lowest BCUT2D eigenvalue weighted by Crippen LogP contribution is -3.00. The van der Waals surface area contributed by atoms with Gasteiger partial charge in [0.1, 0.15) is 0 Å². The van der Waals surface area contributed by atoms with Crippen LogP contribution in [0.2, 0.25) is 0 Å². The average Bonchev–Trinajstić information content (AvgIpc) is 2.48. The molecule has 0 unspecified atom stereocenters. The first kappa shape index (κ1) is 27.2. The Bertz CT molecular complexity index is 176. The van der Waals surface area contributed by atoms with Crippen LogP contribution in [-0.2, 0) is 0 Å². The Morgan fingerprint density at radius 2 is 0.667 bits per heavy atom. The fourth-order valence-corrected chi connectivity index (χ4v) is 3.36. The Labute approximate surface area is 169 Å². The molecule has 132 valence electrons. The zero-order valence-electron chi connectivity index (χ0n) is 15.4. The normalized spacial score (nSPS) is 11.7. The van der Waals surface area contributed by atoms with Gasteiger partial charge in [-0.05, 0) is 60.8 Å². The molecule has 0 aliphatic carbocycles. The maximum Gasteiger partial charge on any atom is 0.0786 e. The minimum atomic E-state index is 0. The van der Waals surface area contributed by atoms with Crippen molar-refractivity contribution in [1.29, 1.82) is 0 Å². The van der Waals surface area contributed by atoms with E-state index in [9.17, 15) is 0 Å². The van der Waals surface area contributed by atoms with E-state index in [1.54, 1.807) is 0 Å². The second-order valence-electron chi connectivity index (χ2n) is 6.09. The zero-order valence-corrected chi connectivity index (χ0v) is 19.7. The first-order chi connectivity index (χ1) is 9.07. The number of quaternary nitrogens is 2. The molecule has 4 heteroatoms. The molecule has 0 aromatic heterocycles. The van der Waals surface area contributed by atoms with Crippen molar-refractivity contribution in [2.45, 2.75) is 60.8 Å². The number of unbranched alkanes of at least 4 members (excludes halogenated alkanes) is 2. The predicted octanol–water partition coefficient (Wildman–Crippen LogP) is -2.08. The summed E-state index contributed by atoms with van der Waals surface area (Å²) in [6.45, 7) is 24.6. The predicted molar refractivity (Wildman–Crippen MR) is 87.4 cm³/mol. The smallest absolute Gasteiger partial charge is 0.0786 e. The Morgan fingerprint density at radius 1 is 0.429 bits per heavy atom. The molecule has 0 aromatic rings. The van der Waals surface area contributed by atoms with Gasteiger partial charge in [0.2, 0.25) is 0 Å². The molecule has 0 aromatic carbocycles. The summed E-state index contributed by atoms with van der Waals surface area (Å²) in [5.74, 6) is 0. The van der Waals surface area contributed by atoms with E-state index < -0.39 is 0 Å². The van der Waals surface area contributed by atoms with E-state index in [1.807, 2.05) is 0 Å². The standard InChI is InChI=1S/C17H40N2.2HI/c1-7-18(8-2,9-3)16-14-13-15-17-19(10-4,11-5)12-6;;/h7-17H2,1-6H3;2*1H/q+2;;/p-2. The van der Waals surface area contributed by atoms with Crippen LogP contribution in [-0.4, -0.2) is 61.3 Å². The van der Waals surface area contributed by atoms with Crippen LogP contribution in [0.3, 0.4) is 0 Å². The van der Waals surface area contributed by atoms with Gasteiger partial charge < -0.3 is 56.9 Å². The van der Waals surface area contributed by atoms with Gasteiger partial charge in [0, 0.05) is 0 Å². The number of hydrogen-bond acceptors (Lipinski definition) is 0. The number of rotatable bonds is 12. The lowest BCUT2D eigenvalue weighted by Gasteiger charge is -2.37. The van der Waals surface area contributed by atoms with Gasteiger partial charge in [0.15, 0.2) is 0 Å². The Balaban J connectivity index is -0.00000162. The van der Waals surface area contributed by atoms with Gasteiger partial charge in [-0.2, -0.15) is 0 Å². The molecule has 0 N–H and O–H groups in total. The van der Waals surface area contributed by atoms with E-state index in [2.05, 4.69) is 41.5 Å². The van der Waals surface area contributed by atoms with Gasteiger partial charge in [-0.1, -0.05) is 0 Å². The highest BCUT2D eigenvalue weighted by atomic mass is 127. The number of halogens is 2. The van der Waals surface area contributed by atoms with E-state index in [1.165, 1.54) is 80.6 Å². The summed E-state index contributed by atoms with van der Waals surface area (Å²) in [4.78, 5) is 0. The van der Waals surface area contributed by atoms with E-state index in [0.717, 1.165) is 0 Å². The molecule has 0 saturated heterocycles. The third-order valence-corrected chi connectivity index (χ3v) is 5.79. The molecule has 0 amide bonds. The molecule has 0 radical (unpaired) electrons. The first-order valence-electron chi connectivity index (χ1n) is 8.77. The van der Waals surface area contributed by atoms with Crippen molar-refractivity contribution >= 4 is 0 Å². The van der Waals surface area contributed by atoms with Crippen LogP contribution in [0.15, 0.2) is 0 Å². The molecule has 0 aliphatic heterocycles. The van der Waals surface area contributed by atoms with Crippen molar-refractivity contribution in [2.24, 2.45) is 0 Å². The van der Waals surface area contributed by atoms with E-state index in [0.29, 0.717) is 0 Å². The van der Waals surface area contributed by atoms with E-state index in [-0.39, 0.29) is 48.0 Å². The van der Waals surface area contributed by atoms with Crippen LogP contribution in [0, 0.1) is 0 Å². The van der Waals surface area contributed by atoms with Crippen LogP contribution < -0.4 is 48.0 Å². The summed E-state index contributed by atoms with van der Waals surface area (Å²) in [5, 5.41) is 0. The highest BCUT2D eigenvalue weighted by molar-refractivity contribution is 4.46. The molecule has 0 aliphatic rings. The summed E-state index contributed by atoms with van der Waals surface area (Å²) in [6, 6.07) is 0.